The first kappa shape index (κ1) is 11.9. The van der Waals surface area contributed by atoms with E-state index in [0.29, 0.717) is 22.9 Å². The molecule has 0 saturated carbocycles. The Balaban J connectivity index is 3.20. The lowest BCUT2D eigenvalue weighted by Gasteiger charge is -2.10. The summed E-state index contributed by atoms with van der Waals surface area (Å²) in [5, 5.41) is 0.417. The number of aryl methyl sites for hydroxylation is 1. The van der Waals surface area contributed by atoms with Crippen molar-refractivity contribution in [1.29, 1.82) is 0 Å². The molecule has 0 fully saturated rings. The van der Waals surface area contributed by atoms with Crippen molar-refractivity contribution in [2.24, 2.45) is 0 Å². The summed E-state index contributed by atoms with van der Waals surface area (Å²) < 4.78 is 9.97. The van der Waals surface area contributed by atoms with Gasteiger partial charge in [-0.25, -0.2) is 4.79 Å². The third kappa shape index (κ3) is 2.63. The van der Waals surface area contributed by atoms with Crippen LogP contribution in [0.1, 0.15) is 22.8 Å². The lowest BCUT2D eigenvalue weighted by molar-refractivity contribution is 0.0522. The molecule has 1 aromatic rings. The van der Waals surface area contributed by atoms with E-state index in [1.165, 1.54) is 7.11 Å². The van der Waals surface area contributed by atoms with Gasteiger partial charge >= 0.3 is 5.97 Å². The highest BCUT2D eigenvalue weighted by Crippen LogP contribution is 2.30. The Hall–Kier alpha value is -1.22. The van der Waals surface area contributed by atoms with Crippen molar-refractivity contribution in [2.45, 2.75) is 13.8 Å². The van der Waals surface area contributed by atoms with Crippen LogP contribution in [0.3, 0.4) is 0 Å². The zero-order chi connectivity index (χ0) is 11.4. The van der Waals surface area contributed by atoms with Crippen molar-refractivity contribution >= 4 is 17.6 Å². The van der Waals surface area contributed by atoms with Gasteiger partial charge in [-0.15, -0.1) is 0 Å². The summed E-state index contributed by atoms with van der Waals surface area (Å²) in [4.78, 5) is 11.6. The molecule has 0 aliphatic heterocycles. The van der Waals surface area contributed by atoms with Gasteiger partial charge in [-0.3, -0.25) is 0 Å². The molecule has 0 unspecified atom stereocenters. The van der Waals surface area contributed by atoms with E-state index in [2.05, 4.69) is 0 Å². The summed E-state index contributed by atoms with van der Waals surface area (Å²) in [5.41, 5.74) is 1.26. The number of hydrogen-bond donors (Lipinski definition) is 0. The van der Waals surface area contributed by atoms with Gasteiger partial charge in [0, 0.05) is 0 Å². The number of hydrogen-bond acceptors (Lipinski definition) is 3. The Kier molecular flexibility index (Phi) is 3.97. The van der Waals surface area contributed by atoms with Crippen LogP contribution in [0.2, 0.25) is 5.02 Å². The molecule has 0 amide bonds. The first-order valence-electron chi connectivity index (χ1n) is 4.61. The van der Waals surface area contributed by atoms with Gasteiger partial charge in [0.15, 0.2) is 5.75 Å². The van der Waals surface area contributed by atoms with E-state index < -0.39 is 5.97 Å². The monoisotopic (exact) mass is 228 g/mol. The number of carbonyl (C=O) groups is 1. The van der Waals surface area contributed by atoms with E-state index in [9.17, 15) is 4.79 Å². The van der Waals surface area contributed by atoms with Crippen LogP contribution in [0, 0.1) is 6.92 Å². The van der Waals surface area contributed by atoms with Gasteiger partial charge in [0.2, 0.25) is 0 Å². The number of halogens is 1. The van der Waals surface area contributed by atoms with Gasteiger partial charge < -0.3 is 9.47 Å². The summed E-state index contributed by atoms with van der Waals surface area (Å²) in [5.74, 6) is -0.0549. The summed E-state index contributed by atoms with van der Waals surface area (Å²) in [7, 11) is 1.47. The number of rotatable bonds is 3. The van der Waals surface area contributed by atoms with E-state index in [-0.39, 0.29) is 0 Å². The topological polar surface area (TPSA) is 35.5 Å². The van der Waals surface area contributed by atoms with Gasteiger partial charge in [0.25, 0.3) is 0 Å². The summed E-state index contributed by atoms with van der Waals surface area (Å²) in [6.45, 7) is 3.93. The van der Waals surface area contributed by atoms with E-state index in [1.54, 1.807) is 19.1 Å². The van der Waals surface area contributed by atoms with Gasteiger partial charge in [0.05, 0.1) is 18.7 Å². The standard InChI is InChI=1S/C11H13ClO3/c1-4-15-11(13)8-5-7(2)6-9(12)10(8)14-3/h5-6H,4H2,1-3H3. The van der Waals surface area contributed by atoms with Crippen LogP contribution >= 0.6 is 11.6 Å². The van der Waals surface area contributed by atoms with E-state index in [0.717, 1.165) is 5.56 Å². The fraction of sp³-hybridized carbons (Fsp3) is 0.364. The van der Waals surface area contributed by atoms with Crippen molar-refractivity contribution in [2.75, 3.05) is 13.7 Å². The number of benzene rings is 1. The molecule has 0 aliphatic carbocycles. The fourth-order valence-electron chi connectivity index (χ4n) is 1.30. The summed E-state index contributed by atoms with van der Waals surface area (Å²) in [6.07, 6.45) is 0. The van der Waals surface area contributed by atoms with E-state index >= 15 is 0 Å². The van der Waals surface area contributed by atoms with Crippen molar-refractivity contribution < 1.29 is 14.3 Å². The Morgan fingerprint density at radius 3 is 2.67 bits per heavy atom. The van der Waals surface area contributed by atoms with Crippen LogP contribution < -0.4 is 4.74 Å². The number of carbonyl (C=O) groups excluding carboxylic acids is 1. The van der Waals surface area contributed by atoms with Gasteiger partial charge in [0.1, 0.15) is 5.56 Å². The molecule has 0 saturated heterocycles. The molecule has 3 nitrogen and oxygen atoms in total. The molecule has 0 aromatic heterocycles. The minimum atomic E-state index is -0.417. The normalized spacial score (nSPS) is 9.87. The highest BCUT2D eigenvalue weighted by atomic mass is 35.5. The first-order chi connectivity index (χ1) is 7.10. The lowest BCUT2D eigenvalue weighted by Crippen LogP contribution is -2.07. The molecule has 0 atom stereocenters. The van der Waals surface area contributed by atoms with Crippen molar-refractivity contribution in [1.82, 2.24) is 0 Å². The third-order valence-electron chi connectivity index (χ3n) is 1.89. The number of methoxy groups -OCH3 is 1. The predicted molar refractivity (Wildman–Crippen MR) is 58.7 cm³/mol. The average molecular weight is 229 g/mol. The van der Waals surface area contributed by atoms with Crippen LogP contribution in [0.4, 0.5) is 0 Å². The minimum Gasteiger partial charge on any atom is -0.494 e. The minimum absolute atomic E-state index is 0.327. The Morgan fingerprint density at radius 2 is 2.13 bits per heavy atom. The zero-order valence-corrected chi connectivity index (χ0v) is 9.72. The maximum atomic E-state index is 11.6. The van der Waals surface area contributed by atoms with Crippen molar-refractivity contribution in [3.8, 4) is 5.75 Å². The molecule has 82 valence electrons. The van der Waals surface area contributed by atoms with Crippen molar-refractivity contribution in [3.63, 3.8) is 0 Å². The SMILES string of the molecule is CCOC(=O)c1cc(C)cc(Cl)c1OC. The average Bonchev–Trinajstić information content (AvgIpc) is 2.17. The second-order valence-corrected chi connectivity index (χ2v) is 3.46. The van der Waals surface area contributed by atoms with Crippen LogP contribution in [-0.2, 0) is 4.74 Å². The molecule has 1 aromatic carbocycles. The molecule has 0 aliphatic rings. The molecule has 4 heteroatoms. The molecule has 1 rings (SSSR count). The zero-order valence-electron chi connectivity index (χ0n) is 8.96. The molecule has 0 radical (unpaired) electrons. The molecule has 0 bridgehead atoms. The quantitative estimate of drug-likeness (QED) is 0.747. The highest BCUT2D eigenvalue weighted by Gasteiger charge is 2.16. The smallest absolute Gasteiger partial charge is 0.341 e. The Labute approximate surface area is 93.9 Å². The maximum Gasteiger partial charge on any atom is 0.341 e. The van der Waals surface area contributed by atoms with Crippen molar-refractivity contribution in [3.05, 3.63) is 28.3 Å². The van der Waals surface area contributed by atoms with Gasteiger partial charge in [-0.2, -0.15) is 0 Å². The van der Waals surface area contributed by atoms with Gasteiger partial charge in [-0.1, -0.05) is 11.6 Å². The second kappa shape index (κ2) is 5.03. The summed E-state index contributed by atoms with van der Waals surface area (Å²) in [6, 6.07) is 3.44. The molecular weight excluding hydrogens is 216 g/mol. The van der Waals surface area contributed by atoms with Crippen LogP contribution in [0.25, 0.3) is 0 Å². The molecule has 15 heavy (non-hydrogen) atoms. The Bertz CT molecular complexity index is 374. The van der Waals surface area contributed by atoms with Crippen LogP contribution in [0.15, 0.2) is 12.1 Å². The first-order valence-corrected chi connectivity index (χ1v) is 4.99. The largest absolute Gasteiger partial charge is 0.494 e. The highest BCUT2D eigenvalue weighted by molar-refractivity contribution is 6.32. The third-order valence-corrected chi connectivity index (χ3v) is 2.17. The molecule has 0 spiro atoms. The number of esters is 1. The second-order valence-electron chi connectivity index (χ2n) is 3.05. The summed E-state index contributed by atoms with van der Waals surface area (Å²) >= 11 is 5.95. The van der Waals surface area contributed by atoms with E-state index in [1.807, 2.05) is 6.92 Å². The fourth-order valence-corrected chi connectivity index (χ4v) is 1.65. The molecular formula is C11H13ClO3. The van der Waals surface area contributed by atoms with Gasteiger partial charge in [-0.05, 0) is 31.5 Å². The lowest BCUT2D eigenvalue weighted by atomic mass is 10.1. The number of ether oxygens (including phenoxy) is 2. The van der Waals surface area contributed by atoms with Crippen LogP contribution in [-0.4, -0.2) is 19.7 Å². The van der Waals surface area contributed by atoms with E-state index in [4.69, 9.17) is 21.1 Å². The molecule has 0 N–H and O–H groups in total. The Morgan fingerprint density at radius 1 is 1.47 bits per heavy atom. The molecule has 0 heterocycles. The maximum absolute atomic E-state index is 11.6. The van der Waals surface area contributed by atoms with Crippen LogP contribution in [0.5, 0.6) is 5.75 Å². The predicted octanol–water partition coefficient (Wildman–Crippen LogP) is 2.83.